The van der Waals surface area contributed by atoms with Gasteiger partial charge in [-0.05, 0) is 36.4 Å². The average molecular weight is 399 g/mol. The molecule has 0 unspecified atom stereocenters. The third-order valence-electron chi connectivity index (χ3n) is 4.24. The zero-order chi connectivity index (χ0) is 20.9. The minimum Gasteiger partial charge on any atom is -0.457 e. The van der Waals surface area contributed by atoms with Crippen LogP contribution in [0.3, 0.4) is 0 Å². The first kappa shape index (κ1) is 19.0. The average Bonchev–Trinajstić information content (AvgIpc) is 2.71. The molecule has 0 spiro atoms. The van der Waals surface area contributed by atoms with E-state index in [1.165, 1.54) is 0 Å². The van der Waals surface area contributed by atoms with Gasteiger partial charge in [-0.1, -0.05) is 30.3 Å². The van der Waals surface area contributed by atoms with Crippen molar-refractivity contribution in [1.29, 1.82) is 0 Å². The van der Waals surface area contributed by atoms with E-state index in [2.05, 4.69) is 0 Å². The van der Waals surface area contributed by atoms with Crippen LogP contribution in [0.4, 0.5) is 17.1 Å². The number of anilines is 3. The third kappa shape index (κ3) is 4.56. The van der Waals surface area contributed by atoms with Crippen molar-refractivity contribution in [2.24, 2.45) is 0 Å². The van der Waals surface area contributed by atoms with E-state index >= 15 is 0 Å². The summed E-state index contributed by atoms with van der Waals surface area (Å²) < 4.78 is 17.9. The monoisotopic (exact) mass is 399 g/mol. The van der Waals surface area contributed by atoms with Gasteiger partial charge < -0.3 is 31.4 Å². The molecule has 0 aliphatic rings. The lowest BCUT2D eigenvalue weighted by Crippen LogP contribution is -1.95. The first-order valence-electron chi connectivity index (χ1n) is 9.30. The molecule has 0 amide bonds. The number of nitrogen functional groups attached to an aromatic ring is 3. The van der Waals surface area contributed by atoms with Gasteiger partial charge in [0.1, 0.15) is 34.5 Å². The Morgan fingerprint density at radius 3 is 1.43 bits per heavy atom. The van der Waals surface area contributed by atoms with Crippen molar-refractivity contribution in [2.45, 2.75) is 0 Å². The SMILES string of the molecule is Nc1cccc(Oc2cc(Oc3ccccc3N)cc(Oc3ccccc3N)c2)c1. The summed E-state index contributed by atoms with van der Waals surface area (Å²) in [4.78, 5) is 0. The first-order valence-corrected chi connectivity index (χ1v) is 9.30. The van der Waals surface area contributed by atoms with Gasteiger partial charge in [-0.15, -0.1) is 0 Å². The van der Waals surface area contributed by atoms with Gasteiger partial charge in [-0.3, -0.25) is 0 Å². The zero-order valence-electron chi connectivity index (χ0n) is 16.1. The van der Waals surface area contributed by atoms with Crippen molar-refractivity contribution in [2.75, 3.05) is 17.2 Å². The molecule has 0 fully saturated rings. The molecule has 150 valence electrons. The second-order valence-corrected chi connectivity index (χ2v) is 6.59. The van der Waals surface area contributed by atoms with Crippen molar-refractivity contribution >= 4 is 17.1 Å². The molecule has 0 aliphatic carbocycles. The van der Waals surface area contributed by atoms with Gasteiger partial charge in [0.2, 0.25) is 0 Å². The molecule has 4 rings (SSSR count). The Balaban J connectivity index is 1.69. The minimum atomic E-state index is 0.499. The Morgan fingerprint density at radius 1 is 0.433 bits per heavy atom. The second-order valence-electron chi connectivity index (χ2n) is 6.59. The molecule has 0 radical (unpaired) electrons. The van der Waals surface area contributed by atoms with E-state index in [9.17, 15) is 0 Å². The molecule has 4 aromatic rings. The lowest BCUT2D eigenvalue weighted by atomic mass is 10.2. The van der Waals surface area contributed by atoms with E-state index in [1.807, 2.05) is 36.4 Å². The molecular formula is C24H21N3O3. The lowest BCUT2D eigenvalue weighted by Gasteiger charge is -2.14. The van der Waals surface area contributed by atoms with Crippen LogP contribution in [0.1, 0.15) is 0 Å². The molecule has 30 heavy (non-hydrogen) atoms. The number of rotatable bonds is 6. The topological polar surface area (TPSA) is 106 Å². The Hall–Kier alpha value is -4.32. The van der Waals surface area contributed by atoms with Gasteiger partial charge in [0.15, 0.2) is 0 Å². The quantitative estimate of drug-likeness (QED) is 0.353. The van der Waals surface area contributed by atoms with E-state index in [0.29, 0.717) is 51.6 Å². The standard InChI is InChI=1S/C24H21N3O3/c25-16-6-5-7-17(12-16)28-18-13-19(29-23-10-3-1-8-21(23)26)15-20(14-18)30-24-11-4-2-9-22(24)27/h1-15H,25-27H2. The van der Waals surface area contributed by atoms with E-state index in [4.69, 9.17) is 31.4 Å². The summed E-state index contributed by atoms with van der Waals surface area (Å²) >= 11 is 0. The summed E-state index contributed by atoms with van der Waals surface area (Å²) in [7, 11) is 0. The molecule has 6 heteroatoms. The molecule has 0 atom stereocenters. The van der Waals surface area contributed by atoms with Crippen molar-refractivity contribution in [3.63, 3.8) is 0 Å². The van der Waals surface area contributed by atoms with Gasteiger partial charge >= 0.3 is 0 Å². The molecule has 6 N–H and O–H groups in total. The molecule has 0 saturated heterocycles. The summed E-state index contributed by atoms with van der Waals surface area (Å²) in [6.07, 6.45) is 0. The van der Waals surface area contributed by atoms with Crippen LogP contribution in [0.25, 0.3) is 0 Å². The van der Waals surface area contributed by atoms with E-state index in [1.54, 1.807) is 54.6 Å². The second kappa shape index (κ2) is 8.36. The van der Waals surface area contributed by atoms with Crippen molar-refractivity contribution < 1.29 is 14.2 Å². The Bertz CT molecular complexity index is 1110. The van der Waals surface area contributed by atoms with Gasteiger partial charge in [-0.25, -0.2) is 0 Å². The Morgan fingerprint density at radius 2 is 0.933 bits per heavy atom. The summed E-state index contributed by atoms with van der Waals surface area (Å²) in [5.41, 5.74) is 19.5. The highest BCUT2D eigenvalue weighted by molar-refractivity contribution is 5.57. The van der Waals surface area contributed by atoms with Crippen LogP contribution in [0.2, 0.25) is 0 Å². The molecule has 4 aromatic carbocycles. The van der Waals surface area contributed by atoms with Crippen LogP contribution < -0.4 is 31.4 Å². The largest absolute Gasteiger partial charge is 0.457 e. The lowest BCUT2D eigenvalue weighted by molar-refractivity contribution is 0.441. The van der Waals surface area contributed by atoms with Gasteiger partial charge in [0.25, 0.3) is 0 Å². The van der Waals surface area contributed by atoms with Crippen LogP contribution in [0.5, 0.6) is 34.5 Å². The third-order valence-corrected chi connectivity index (χ3v) is 4.24. The first-order chi connectivity index (χ1) is 14.6. The minimum absolute atomic E-state index is 0.499. The number of nitrogens with two attached hydrogens (primary N) is 3. The van der Waals surface area contributed by atoms with Gasteiger partial charge in [-0.2, -0.15) is 0 Å². The smallest absolute Gasteiger partial charge is 0.150 e. The molecule has 0 aliphatic heterocycles. The number of para-hydroxylation sites is 4. The maximum atomic E-state index is 6.01. The van der Waals surface area contributed by atoms with Crippen molar-refractivity contribution in [1.82, 2.24) is 0 Å². The number of hydrogen-bond acceptors (Lipinski definition) is 6. The highest BCUT2D eigenvalue weighted by Crippen LogP contribution is 2.37. The van der Waals surface area contributed by atoms with Gasteiger partial charge in [0, 0.05) is 30.0 Å². The van der Waals surface area contributed by atoms with E-state index in [-0.39, 0.29) is 0 Å². The maximum absolute atomic E-state index is 6.01. The maximum Gasteiger partial charge on any atom is 0.150 e. The molecule has 0 bridgehead atoms. The van der Waals surface area contributed by atoms with Crippen molar-refractivity contribution in [3.05, 3.63) is 91.0 Å². The number of hydrogen-bond donors (Lipinski definition) is 3. The molecule has 6 nitrogen and oxygen atoms in total. The predicted octanol–water partition coefficient (Wildman–Crippen LogP) is 5.81. The van der Waals surface area contributed by atoms with Crippen LogP contribution >= 0.6 is 0 Å². The Labute approximate surface area is 174 Å². The predicted molar refractivity (Wildman–Crippen MR) is 119 cm³/mol. The van der Waals surface area contributed by atoms with Crippen LogP contribution in [-0.2, 0) is 0 Å². The summed E-state index contributed by atoms with van der Waals surface area (Å²) in [6, 6.07) is 26.9. The van der Waals surface area contributed by atoms with Crippen molar-refractivity contribution in [3.8, 4) is 34.5 Å². The van der Waals surface area contributed by atoms with Gasteiger partial charge in [0.05, 0.1) is 11.4 Å². The van der Waals surface area contributed by atoms with E-state index < -0.39 is 0 Å². The number of ether oxygens (including phenoxy) is 3. The fourth-order valence-corrected chi connectivity index (χ4v) is 2.84. The fraction of sp³-hybridized carbons (Fsp3) is 0. The summed E-state index contributed by atoms with van der Waals surface area (Å²) in [5.74, 6) is 3.17. The summed E-state index contributed by atoms with van der Waals surface area (Å²) in [6.45, 7) is 0. The highest BCUT2D eigenvalue weighted by Gasteiger charge is 2.10. The van der Waals surface area contributed by atoms with Crippen LogP contribution in [0, 0.1) is 0 Å². The van der Waals surface area contributed by atoms with Crippen LogP contribution in [0.15, 0.2) is 91.0 Å². The van der Waals surface area contributed by atoms with E-state index in [0.717, 1.165) is 0 Å². The summed E-state index contributed by atoms with van der Waals surface area (Å²) in [5, 5.41) is 0. The normalized spacial score (nSPS) is 10.4. The fourth-order valence-electron chi connectivity index (χ4n) is 2.84. The number of benzene rings is 4. The van der Waals surface area contributed by atoms with Crippen LogP contribution in [-0.4, -0.2) is 0 Å². The molecular weight excluding hydrogens is 378 g/mol. The molecule has 0 heterocycles. The molecule has 0 aromatic heterocycles. The zero-order valence-corrected chi connectivity index (χ0v) is 16.1. The highest BCUT2D eigenvalue weighted by atomic mass is 16.5. The molecule has 0 saturated carbocycles. The Kier molecular flexibility index (Phi) is 5.30.